The van der Waals surface area contributed by atoms with Crippen LogP contribution in [0, 0.1) is 5.92 Å². The molecule has 0 aromatic carbocycles. The molecule has 2 heterocycles. The van der Waals surface area contributed by atoms with Gasteiger partial charge in [0, 0.05) is 46.5 Å². The van der Waals surface area contributed by atoms with Crippen LogP contribution in [0.4, 0.5) is 0 Å². The standard InChI is InChI=1S/C13H21N5O4S/c1-14-12(19)10-8-17(6-7-18(9-10)23(3,21)22)13(20)11-4-5-16(2)15-11/h4-5,10H,6-9H2,1-3H3,(H,14,19). The monoisotopic (exact) mass is 343 g/mol. The lowest BCUT2D eigenvalue weighted by atomic mass is 10.1. The van der Waals surface area contributed by atoms with Gasteiger partial charge in [-0.1, -0.05) is 0 Å². The van der Waals surface area contributed by atoms with Crippen LogP contribution < -0.4 is 5.32 Å². The molecule has 2 rings (SSSR count). The largest absolute Gasteiger partial charge is 0.359 e. The Morgan fingerprint density at radius 3 is 2.52 bits per heavy atom. The Bertz CT molecular complexity index is 699. The highest BCUT2D eigenvalue weighted by molar-refractivity contribution is 7.88. The van der Waals surface area contributed by atoms with Gasteiger partial charge in [-0.25, -0.2) is 8.42 Å². The maximum absolute atomic E-state index is 12.5. The quantitative estimate of drug-likeness (QED) is 0.719. The highest BCUT2D eigenvalue weighted by Gasteiger charge is 2.33. The predicted octanol–water partition coefficient (Wildman–Crippen LogP) is -1.50. The van der Waals surface area contributed by atoms with E-state index in [0.717, 1.165) is 6.26 Å². The minimum atomic E-state index is -3.44. The SMILES string of the molecule is CNC(=O)C1CN(C(=O)c2ccn(C)n2)CCN(S(C)(=O)=O)C1. The number of aromatic nitrogens is 2. The first-order valence-corrected chi connectivity index (χ1v) is 9.03. The van der Waals surface area contributed by atoms with Crippen LogP contribution in [0.15, 0.2) is 12.3 Å². The van der Waals surface area contributed by atoms with Gasteiger partial charge in [-0.3, -0.25) is 14.3 Å². The second kappa shape index (κ2) is 6.67. The van der Waals surface area contributed by atoms with Crippen LogP contribution in [0.5, 0.6) is 0 Å². The third-order valence-electron chi connectivity index (χ3n) is 3.79. The van der Waals surface area contributed by atoms with Gasteiger partial charge in [0.05, 0.1) is 12.2 Å². The lowest BCUT2D eigenvalue weighted by molar-refractivity contribution is -0.124. The van der Waals surface area contributed by atoms with Crippen molar-refractivity contribution in [3.8, 4) is 0 Å². The van der Waals surface area contributed by atoms with Gasteiger partial charge in [0.25, 0.3) is 5.91 Å². The van der Waals surface area contributed by atoms with E-state index in [4.69, 9.17) is 0 Å². The van der Waals surface area contributed by atoms with E-state index in [2.05, 4.69) is 10.4 Å². The van der Waals surface area contributed by atoms with E-state index in [-0.39, 0.29) is 43.7 Å². The minimum Gasteiger partial charge on any atom is -0.359 e. The molecular weight excluding hydrogens is 322 g/mol. The van der Waals surface area contributed by atoms with Crippen molar-refractivity contribution < 1.29 is 18.0 Å². The molecule has 0 bridgehead atoms. The summed E-state index contributed by atoms with van der Waals surface area (Å²) in [5.74, 6) is -1.22. The first-order valence-electron chi connectivity index (χ1n) is 7.18. The third kappa shape index (κ3) is 4.08. The second-order valence-electron chi connectivity index (χ2n) is 5.56. The van der Waals surface area contributed by atoms with Crippen LogP contribution in [0.1, 0.15) is 10.5 Å². The number of aryl methyl sites for hydroxylation is 1. The molecule has 1 aliphatic rings. The molecule has 1 N–H and O–H groups in total. The van der Waals surface area contributed by atoms with Crippen molar-refractivity contribution >= 4 is 21.8 Å². The number of amides is 2. The van der Waals surface area contributed by atoms with Crippen LogP contribution in [0.25, 0.3) is 0 Å². The minimum absolute atomic E-state index is 0.0600. The van der Waals surface area contributed by atoms with Gasteiger partial charge < -0.3 is 10.2 Å². The van der Waals surface area contributed by atoms with E-state index in [9.17, 15) is 18.0 Å². The maximum Gasteiger partial charge on any atom is 0.274 e. The Hall–Kier alpha value is -1.94. The summed E-state index contributed by atoms with van der Waals surface area (Å²) in [7, 11) is -0.243. The molecule has 0 radical (unpaired) electrons. The molecule has 1 aliphatic heterocycles. The summed E-state index contributed by atoms with van der Waals surface area (Å²) in [5.41, 5.74) is 0.274. The summed E-state index contributed by atoms with van der Waals surface area (Å²) in [6, 6.07) is 1.59. The van der Waals surface area contributed by atoms with Crippen molar-refractivity contribution in [2.75, 3.05) is 39.5 Å². The number of carbonyl (C=O) groups excluding carboxylic acids is 2. The number of nitrogens with one attached hydrogen (secondary N) is 1. The van der Waals surface area contributed by atoms with E-state index in [1.807, 2.05) is 0 Å². The molecule has 1 aromatic rings. The number of hydrogen-bond donors (Lipinski definition) is 1. The topological polar surface area (TPSA) is 105 Å². The van der Waals surface area contributed by atoms with E-state index >= 15 is 0 Å². The summed E-state index contributed by atoms with van der Waals surface area (Å²) < 4.78 is 26.4. The fourth-order valence-corrected chi connectivity index (χ4v) is 3.40. The number of nitrogens with zero attached hydrogens (tertiary/aromatic N) is 4. The molecule has 2 amide bonds. The zero-order valence-corrected chi connectivity index (χ0v) is 14.2. The third-order valence-corrected chi connectivity index (χ3v) is 5.06. The molecule has 1 atom stereocenters. The highest BCUT2D eigenvalue weighted by atomic mass is 32.2. The number of carbonyl (C=O) groups is 2. The summed E-state index contributed by atoms with van der Waals surface area (Å²) in [5, 5.41) is 6.59. The smallest absolute Gasteiger partial charge is 0.274 e. The van der Waals surface area contributed by atoms with Gasteiger partial charge in [-0.05, 0) is 6.07 Å². The molecule has 128 valence electrons. The van der Waals surface area contributed by atoms with Crippen molar-refractivity contribution in [1.29, 1.82) is 0 Å². The van der Waals surface area contributed by atoms with E-state index < -0.39 is 15.9 Å². The van der Waals surface area contributed by atoms with E-state index in [1.165, 1.54) is 20.9 Å². The molecular formula is C13H21N5O4S. The molecule has 1 unspecified atom stereocenters. The molecule has 1 fully saturated rings. The fraction of sp³-hybridized carbons (Fsp3) is 0.615. The predicted molar refractivity (Wildman–Crippen MR) is 83.1 cm³/mol. The van der Waals surface area contributed by atoms with Crippen LogP contribution in [0.2, 0.25) is 0 Å². The fourth-order valence-electron chi connectivity index (χ4n) is 2.53. The number of rotatable bonds is 3. The molecule has 9 nitrogen and oxygen atoms in total. The van der Waals surface area contributed by atoms with Crippen LogP contribution in [0.3, 0.4) is 0 Å². The van der Waals surface area contributed by atoms with Crippen LogP contribution in [-0.4, -0.2) is 78.7 Å². The molecule has 23 heavy (non-hydrogen) atoms. The van der Waals surface area contributed by atoms with Crippen LogP contribution in [-0.2, 0) is 21.9 Å². The lowest BCUT2D eigenvalue weighted by Gasteiger charge is -2.22. The van der Waals surface area contributed by atoms with Gasteiger partial charge in [0.15, 0.2) is 0 Å². The number of hydrogen-bond acceptors (Lipinski definition) is 5. The summed E-state index contributed by atoms with van der Waals surface area (Å²) in [6.07, 6.45) is 2.76. The Labute approximate surface area is 135 Å². The zero-order valence-electron chi connectivity index (χ0n) is 13.4. The van der Waals surface area contributed by atoms with Crippen molar-refractivity contribution in [3.63, 3.8) is 0 Å². The Morgan fingerprint density at radius 1 is 1.30 bits per heavy atom. The zero-order chi connectivity index (χ0) is 17.2. The lowest BCUT2D eigenvalue weighted by Crippen LogP contribution is -2.42. The summed E-state index contributed by atoms with van der Waals surface area (Å²) >= 11 is 0. The first-order chi connectivity index (χ1) is 10.7. The summed E-state index contributed by atoms with van der Waals surface area (Å²) in [6.45, 7) is 0.590. The molecule has 1 saturated heterocycles. The average Bonchev–Trinajstić information content (AvgIpc) is 2.78. The van der Waals surface area contributed by atoms with E-state index in [0.29, 0.717) is 0 Å². The van der Waals surface area contributed by atoms with Crippen molar-refractivity contribution in [2.45, 2.75) is 0 Å². The Kier molecular flexibility index (Phi) is 5.05. The maximum atomic E-state index is 12.5. The van der Waals surface area contributed by atoms with Gasteiger partial charge in [-0.15, -0.1) is 0 Å². The highest BCUT2D eigenvalue weighted by Crippen LogP contribution is 2.15. The molecule has 0 spiro atoms. The van der Waals surface area contributed by atoms with E-state index in [1.54, 1.807) is 19.3 Å². The van der Waals surface area contributed by atoms with Gasteiger partial charge in [0.1, 0.15) is 5.69 Å². The Morgan fingerprint density at radius 2 is 2.00 bits per heavy atom. The normalized spacial score (nSPS) is 20.1. The molecule has 10 heteroatoms. The number of sulfonamides is 1. The molecule has 0 aliphatic carbocycles. The van der Waals surface area contributed by atoms with Crippen LogP contribution >= 0.6 is 0 Å². The Balaban J connectivity index is 2.24. The van der Waals surface area contributed by atoms with Gasteiger partial charge in [0.2, 0.25) is 15.9 Å². The van der Waals surface area contributed by atoms with Crippen molar-refractivity contribution in [2.24, 2.45) is 13.0 Å². The van der Waals surface area contributed by atoms with Crippen molar-refractivity contribution in [1.82, 2.24) is 24.3 Å². The molecule has 1 aromatic heterocycles. The van der Waals surface area contributed by atoms with Gasteiger partial charge >= 0.3 is 0 Å². The first kappa shape index (κ1) is 17.4. The van der Waals surface area contributed by atoms with Crippen molar-refractivity contribution in [3.05, 3.63) is 18.0 Å². The average molecular weight is 343 g/mol. The second-order valence-corrected chi connectivity index (χ2v) is 7.54. The summed E-state index contributed by atoms with van der Waals surface area (Å²) in [4.78, 5) is 26.0. The van der Waals surface area contributed by atoms with Gasteiger partial charge in [-0.2, -0.15) is 9.40 Å². The molecule has 0 saturated carbocycles.